The second-order valence-electron chi connectivity index (χ2n) is 4.08. The fourth-order valence-electron chi connectivity index (χ4n) is 1.63. The van der Waals surface area contributed by atoms with Crippen molar-refractivity contribution in [1.82, 2.24) is 0 Å². The van der Waals surface area contributed by atoms with Crippen molar-refractivity contribution in [3.05, 3.63) is 73.3 Å². The standard InChI is InChI=1S/C13H9ClN2O5/c14-10-3-1-9(2-4-10)8-21-13-6-5-11(15(17)18)7-12(13)16(19)20/h1-7H,8H2. The van der Waals surface area contributed by atoms with E-state index in [1.807, 2.05) is 0 Å². The van der Waals surface area contributed by atoms with Gasteiger partial charge in [0.1, 0.15) is 6.61 Å². The summed E-state index contributed by atoms with van der Waals surface area (Å²) in [6.07, 6.45) is 0. The predicted molar refractivity (Wildman–Crippen MR) is 75.5 cm³/mol. The van der Waals surface area contributed by atoms with Crippen molar-refractivity contribution in [2.24, 2.45) is 0 Å². The van der Waals surface area contributed by atoms with Crippen LogP contribution in [0.2, 0.25) is 5.02 Å². The van der Waals surface area contributed by atoms with E-state index in [1.165, 1.54) is 6.07 Å². The summed E-state index contributed by atoms with van der Waals surface area (Å²) in [7, 11) is 0. The Bertz CT molecular complexity index is 687. The molecule has 0 atom stereocenters. The first kappa shape index (κ1) is 14.7. The van der Waals surface area contributed by atoms with Crippen LogP contribution in [0, 0.1) is 20.2 Å². The van der Waals surface area contributed by atoms with Crippen LogP contribution in [0.25, 0.3) is 0 Å². The van der Waals surface area contributed by atoms with Gasteiger partial charge >= 0.3 is 5.69 Å². The first-order valence-electron chi connectivity index (χ1n) is 5.77. The number of nitro groups is 2. The molecule has 108 valence electrons. The van der Waals surface area contributed by atoms with Crippen molar-refractivity contribution >= 4 is 23.0 Å². The number of nitrogens with zero attached hydrogens (tertiary/aromatic N) is 2. The number of rotatable bonds is 5. The van der Waals surface area contributed by atoms with Gasteiger partial charge in [0.2, 0.25) is 0 Å². The third-order valence-corrected chi connectivity index (χ3v) is 2.91. The molecule has 0 saturated carbocycles. The smallest absolute Gasteiger partial charge is 0.317 e. The lowest BCUT2D eigenvalue weighted by Crippen LogP contribution is -2.00. The van der Waals surface area contributed by atoms with Crippen LogP contribution < -0.4 is 4.74 Å². The number of non-ortho nitro benzene ring substituents is 1. The van der Waals surface area contributed by atoms with E-state index in [0.29, 0.717) is 5.02 Å². The molecule has 0 fully saturated rings. The van der Waals surface area contributed by atoms with E-state index in [4.69, 9.17) is 16.3 Å². The molecule has 0 saturated heterocycles. The number of ether oxygens (including phenoxy) is 1. The van der Waals surface area contributed by atoms with Gasteiger partial charge in [0.15, 0.2) is 5.75 Å². The fourth-order valence-corrected chi connectivity index (χ4v) is 1.75. The second-order valence-corrected chi connectivity index (χ2v) is 4.52. The summed E-state index contributed by atoms with van der Waals surface area (Å²) < 4.78 is 5.35. The molecule has 0 radical (unpaired) electrons. The Kier molecular flexibility index (Phi) is 4.34. The number of hydrogen-bond acceptors (Lipinski definition) is 5. The summed E-state index contributed by atoms with van der Waals surface area (Å²) >= 11 is 5.75. The van der Waals surface area contributed by atoms with Gasteiger partial charge in [0.25, 0.3) is 5.69 Å². The topological polar surface area (TPSA) is 95.5 Å². The minimum atomic E-state index is -0.718. The largest absolute Gasteiger partial charge is 0.482 e. The van der Waals surface area contributed by atoms with Gasteiger partial charge < -0.3 is 4.74 Å². The molecule has 0 aromatic heterocycles. The Morgan fingerprint density at radius 2 is 1.67 bits per heavy atom. The molecule has 0 aliphatic heterocycles. The number of halogens is 1. The predicted octanol–water partition coefficient (Wildman–Crippen LogP) is 3.74. The van der Waals surface area contributed by atoms with Gasteiger partial charge in [-0.05, 0) is 23.8 Å². The first-order chi connectivity index (χ1) is 9.97. The lowest BCUT2D eigenvalue weighted by molar-refractivity contribution is -0.394. The van der Waals surface area contributed by atoms with Crippen molar-refractivity contribution in [2.75, 3.05) is 0 Å². The van der Waals surface area contributed by atoms with E-state index in [-0.39, 0.29) is 18.0 Å². The Balaban J connectivity index is 2.21. The van der Waals surface area contributed by atoms with Gasteiger partial charge in [-0.2, -0.15) is 0 Å². The Morgan fingerprint density at radius 1 is 1.00 bits per heavy atom. The molecule has 21 heavy (non-hydrogen) atoms. The molecular weight excluding hydrogens is 300 g/mol. The van der Waals surface area contributed by atoms with E-state index in [9.17, 15) is 20.2 Å². The van der Waals surface area contributed by atoms with Crippen molar-refractivity contribution in [2.45, 2.75) is 6.61 Å². The van der Waals surface area contributed by atoms with Crippen LogP contribution >= 0.6 is 11.6 Å². The zero-order chi connectivity index (χ0) is 15.4. The molecule has 0 amide bonds. The summed E-state index contributed by atoms with van der Waals surface area (Å²) in [5.74, 6) is -0.0273. The molecule has 0 unspecified atom stereocenters. The van der Waals surface area contributed by atoms with Gasteiger partial charge in [-0.15, -0.1) is 0 Å². The van der Waals surface area contributed by atoms with E-state index in [0.717, 1.165) is 17.7 Å². The summed E-state index contributed by atoms with van der Waals surface area (Å²) in [6.45, 7) is 0.0931. The average molecular weight is 309 g/mol. The van der Waals surface area contributed by atoms with Gasteiger partial charge in [-0.1, -0.05) is 23.7 Å². The van der Waals surface area contributed by atoms with Crippen molar-refractivity contribution in [3.8, 4) is 5.75 Å². The zero-order valence-corrected chi connectivity index (χ0v) is 11.3. The molecule has 0 heterocycles. The van der Waals surface area contributed by atoms with Crippen LogP contribution in [0.5, 0.6) is 5.75 Å². The van der Waals surface area contributed by atoms with Gasteiger partial charge in [0.05, 0.1) is 15.9 Å². The molecule has 0 bridgehead atoms. The van der Waals surface area contributed by atoms with Crippen LogP contribution in [0.3, 0.4) is 0 Å². The van der Waals surface area contributed by atoms with E-state index < -0.39 is 15.5 Å². The normalized spacial score (nSPS) is 10.1. The SMILES string of the molecule is O=[N+]([O-])c1ccc(OCc2ccc(Cl)cc2)c([N+](=O)[O-])c1. The van der Waals surface area contributed by atoms with Crippen LogP contribution in [0.4, 0.5) is 11.4 Å². The molecule has 0 aliphatic carbocycles. The van der Waals surface area contributed by atoms with Crippen molar-refractivity contribution in [1.29, 1.82) is 0 Å². The average Bonchev–Trinajstić information content (AvgIpc) is 2.46. The first-order valence-corrected chi connectivity index (χ1v) is 6.15. The van der Waals surface area contributed by atoms with Gasteiger partial charge in [-0.3, -0.25) is 20.2 Å². The summed E-state index contributed by atoms with van der Waals surface area (Å²) in [4.78, 5) is 20.1. The zero-order valence-electron chi connectivity index (χ0n) is 10.6. The quantitative estimate of drug-likeness (QED) is 0.619. The minimum absolute atomic E-state index is 0.0273. The molecule has 7 nitrogen and oxygen atoms in total. The number of benzene rings is 2. The molecule has 2 rings (SSSR count). The highest BCUT2D eigenvalue weighted by atomic mass is 35.5. The van der Waals surface area contributed by atoms with E-state index in [2.05, 4.69) is 0 Å². The third kappa shape index (κ3) is 3.67. The lowest BCUT2D eigenvalue weighted by Gasteiger charge is -2.06. The van der Waals surface area contributed by atoms with Crippen LogP contribution in [-0.4, -0.2) is 9.85 Å². The van der Waals surface area contributed by atoms with E-state index >= 15 is 0 Å². The van der Waals surface area contributed by atoms with Gasteiger partial charge in [-0.25, -0.2) is 0 Å². The second kappa shape index (κ2) is 6.19. The molecular formula is C13H9ClN2O5. The molecule has 0 N–H and O–H groups in total. The van der Waals surface area contributed by atoms with Crippen molar-refractivity contribution < 1.29 is 14.6 Å². The third-order valence-electron chi connectivity index (χ3n) is 2.66. The lowest BCUT2D eigenvalue weighted by atomic mass is 10.2. The molecule has 2 aromatic carbocycles. The van der Waals surface area contributed by atoms with Crippen LogP contribution in [0.1, 0.15) is 5.56 Å². The number of nitro benzene ring substituents is 2. The summed E-state index contributed by atoms with van der Waals surface area (Å²) in [6, 6.07) is 10.0. The maximum Gasteiger partial charge on any atom is 0.317 e. The molecule has 2 aromatic rings. The minimum Gasteiger partial charge on any atom is -0.482 e. The Hall–Kier alpha value is -2.67. The van der Waals surface area contributed by atoms with E-state index in [1.54, 1.807) is 24.3 Å². The summed E-state index contributed by atoms with van der Waals surface area (Å²) in [5, 5.41) is 22.1. The highest BCUT2D eigenvalue weighted by molar-refractivity contribution is 6.30. The van der Waals surface area contributed by atoms with Crippen LogP contribution in [-0.2, 0) is 6.61 Å². The molecule has 8 heteroatoms. The van der Waals surface area contributed by atoms with Crippen LogP contribution in [0.15, 0.2) is 42.5 Å². The Morgan fingerprint density at radius 3 is 2.24 bits per heavy atom. The summed E-state index contributed by atoms with van der Waals surface area (Å²) in [5.41, 5.74) is -0.0363. The number of hydrogen-bond donors (Lipinski definition) is 0. The maximum atomic E-state index is 10.9. The molecule has 0 aliphatic rings. The highest BCUT2D eigenvalue weighted by Crippen LogP contribution is 2.31. The Labute approximate surface area is 124 Å². The maximum absolute atomic E-state index is 10.9. The monoisotopic (exact) mass is 308 g/mol. The van der Waals surface area contributed by atoms with Crippen molar-refractivity contribution in [3.63, 3.8) is 0 Å². The fraction of sp³-hybridized carbons (Fsp3) is 0.0769. The highest BCUT2D eigenvalue weighted by Gasteiger charge is 2.20. The molecule has 0 spiro atoms. The van der Waals surface area contributed by atoms with Gasteiger partial charge in [0, 0.05) is 11.1 Å².